The third kappa shape index (κ3) is 2.05. The van der Waals surface area contributed by atoms with Crippen LogP contribution >= 0.6 is 0 Å². The van der Waals surface area contributed by atoms with Crippen molar-refractivity contribution in [2.75, 3.05) is 0 Å². The van der Waals surface area contributed by atoms with Gasteiger partial charge in [0.25, 0.3) is 0 Å². The molecule has 2 heteroatoms. The fourth-order valence-corrected chi connectivity index (χ4v) is 2.50. The van der Waals surface area contributed by atoms with Crippen LogP contribution in [0.5, 0.6) is 0 Å². The molecule has 1 fully saturated rings. The molecule has 3 rings (SSSR count). The largest absolute Gasteiger partial charge is 0.307 e. The number of nitrogens with zero attached hydrogens (tertiary/aromatic N) is 1. The Morgan fingerprint density at radius 1 is 1.24 bits per heavy atom. The van der Waals surface area contributed by atoms with Gasteiger partial charge in [0.15, 0.2) is 0 Å². The second kappa shape index (κ2) is 4.11. The number of pyridine rings is 1. The predicted molar refractivity (Wildman–Crippen MR) is 70.8 cm³/mol. The van der Waals surface area contributed by atoms with E-state index in [1.165, 1.54) is 30.2 Å². The predicted octanol–water partition coefficient (Wildman–Crippen LogP) is 3.27. The van der Waals surface area contributed by atoms with E-state index in [0.717, 1.165) is 12.1 Å². The minimum absolute atomic E-state index is 0.365. The molecule has 1 N–H and O–H groups in total. The first-order valence-corrected chi connectivity index (χ1v) is 6.35. The van der Waals surface area contributed by atoms with Crippen molar-refractivity contribution in [1.29, 1.82) is 0 Å². The molecule has 17 heavy (non-hydrogen) atoms. The van der Waals surface area contributed by atoms with Crippen LogP contribution in [0.15, 0.2) is 36.5 Å². The molecule has 0 radical (unpaired) electrons. The summed E-state index contributed by atoms with van der Waals surface area (Å²) in [6, 6.07) is 10.5. The van der Waals surface area contributed by atoms with E-state index in [-0.39, 0.29) is 0 Å². The summed E-state index contributed by atoms with van der Waals surface area (Å²) in [5.74, 6) is 0. The fraction of sp³-hybridized carbons (Fsp3) is 0.400. The fourth-order valence-electron chi connectivity index (χ4n) is 2.50. The lowest BCUT2D eigenvalue weighted by molar-refractivity contribution is 0.207. The van der Waals surface area contributed by atoms with E-state index in [1.807, 2.05) is 12.3 Å². The average molecular weight is 226 g/mol. The van der Waals surface area contributed by atoms with Crippen LogP contribution in [0, 0.1) is 0 Å². The highest BCUT2D eigenvalue weighted by Gasteiger charge is 2.30. The third-order valence-electron chi connectivity index (χ3n) is 3.90. The maximum absolute atomic E-state index is 4.39. The summed E-state index contributed by atoms with van der Waals surface area (Å²) in [4.78, 5) is 4.39. The number of benzene rings is 1. The molecule has 0 amide bonds. The molecule has 1 saturated carbocycles. The summed E-state index contributed by atoms with van der Waals surface area (Å²) in [5.41, 5.74) is 2.80. The van der Waals surface area contributed by atoms with Gasteiger partial charge in [0, 0.05) is 23.7 Å². The number of para-hydroxylation sites is 1. The van der Waals surface area contributed by atoms with E-state index in [9.17, 15) is 0 Å². The molecule has 2 nitrogen and oxygen atoms in total. The lowest BCUT2D eigenvalue weighted by atomic mass is 9.78. The highest BCUT2D eigenvalue weighted by molar-refractivity contribution is 5.81. The van der Waals surface area contributed by atoms with Gasteiger partial charge in [-0.3, -0.25) is 4.98 Å². The van der Waals surface area contributed by atoms with Crippen LogP contribution in [0.25, 0.3) is 10.9 Å². The van der Waals surface area contributed by atoms with Gasteiger partial charge in [-0.1, -0.05) is 18.2 Å². The minimum atomic E-state index is 0.365. The van der Waals surface area contributed by atoms with Gasteiger partial charge in [0.05, 0.1) is 5.52 Å². The second-order valence-electron chi connectivity index (χ2n) is 5.25. The molecule has 1 aromatic carbocycles. The van der Waals surface area contributed by atoms with E-state index in [0.29, 0.717) is 5.54 Å². The van der Waals surface area contributed by atoms with Gasteiger partial charge in [-0.25, -0.2) is 0 Å². The van der Waals surface area contributed by atoms with Gasteiger partial charge in [0.2, 0.25) is 0 Å². The Morgan fingerprint density at radius 3 is 2.82 bits per heavy atom. The third-order valence-corrected chi connectivity index (χ3v) is 3.90. The number of aromatic nitrogens is 1. The van der Waals surface area contributed by atoms with Crippen molar-refractivity contribution in [2.24, 2.45) is 0 Å². The van der Waals surface area contributed by atoms with Crippen LogP contribution in [0.3, 0.4) is 0 Å². The Labute approximate surface area is 102 Å². The second-order valence-corrected chi connectivity index (χ2v) is 5.25. The zero-order chi connectivity index (χ0) is 11.7. The van der Waals surface area contributed by atoms with E-state index >= 15 is 0 Å². The SMILES string of the molecule is CC1(NCc2ccnc3ccccc23)CCC1. The Kier molecular flexibility index (Phi) is 2.60. The van der Waals surface area contributed by atoms with Gasteiger partial charge in [-0.15, -0.1) is 0 Å². The molecule has 0 unspecified atom stereocenters. The maximum atomic E-state index is 4.39. The van der Waals surface area contributed by atoms with Gasteiger partial charge in [-0.05, 0) is 43.9 Å². The van der Waals surface area contributed by atoms with E-state index in [2.05, 4.69) is 41.5 Å². The number of rotatable bonds is 3. The first-order valence-electron chi connectivity index (χ1n) is 6.35. The molecule has 0 atom stereocenters. The van der Waals surface area contributed by atoms with Gasteiger partial charge >= 0.3 is 0 Å². The molecule has 2 aromatic rings. The van der Waals surface area contributed by atoms with Crippen LogP contribution in [0.1, 0.15) is 31.7 Å². The molecule has 1 aromatic heterocycles. The molecule has 0 saturated heterocycles. The quantitative estimate of drug-likeness (QED) is 0.869. The summed E-state index contributed by atoms with van der Waals surface area (Å²) >= 11 is 0. The van der Waals surface area contributed by atoms with E-state index in [1.54, 1.807) is 0 Å². The first-order chi connectivity index (χ1) is 8.27. The molecule has 0 aliphatic heterocycles. The summed E-state index contributed by atoms with van der Waals surface area (Å²) < 4.78 is 0. The zero-order valence-corrected chi connectivity index (χ0v) is 10.2. The summed E-state index contributed by atoms with van der Waals surface area (Å²) in [5, 5.41) is 4.95. The normalized spacial score (nSPS) is 17.9. The number of hydrogen-bond acceptors (Lipinski definition) is 2. The molecule has 1 heterocycles. The van der Waals surface area contributed by atoms with Crippen molar-refractivity contribution in [1.82, 2.24) is 10.3 Å². The average Bonchev–Trinajstić information content (AvgIpc) is 2.34. The molecule has 0 bridgehead atoms. The van der Waals surface area contributed by atoms with Crippen molar-refractivity contribution in [3.63, 3.8) is 0 Å². The van der Waals surface area contributed by atoms with Crippen LogP contribution in [-0.4, -0.2) is 10.5 Å². The van der Waals surface area contributed by atoms with Crippen LogP contribution in [0.2, 0.25) is 0 Å². The van der Waals surface area contributed by atoms with Crippen molar-refractivity contribution in [2.45, 2.75) is 38.3 Å². The van der Waals surface area contributed by atoms with Crippen LogP contribution in [0.4, 0.5) is 0 Å². The van der Waals surface area contributed by atoms with Crippen molar-refractivity contribution in [3.8, 4) is 0 Å². The zero-order valence-electron chi connectivity index (χ0n) is 10.2. The highest BCUT2D eigenvalue weighted by atomic mass is 15.0. The van der Waals surface area contributed by atoms with Crippen molar-refractivity contribution >= 4 is 10.9 Å². The molecule has 0 spiro atoms. The Morgan fingerprint density at radius 2 is 2.06 bits per heavy atom. The Hall–Kier alpha value is -1.41. The highest BCUT2D eigenvalue weighted by Crippen LogP contribution is 2.31. The topological polar surface area (TPSA) is 24.9 Å². The first kappa shape index (κ1) is 10.7. The van der Waals surface area contributed by atoms with Gasteiger partial charge in [0.1, 0.15) is 0 Å². The minimum Gasteiger partial charge on any atom is -0.307 e. The van der Waals surface area contributed by atoms with Crippen molar-refractivity contribution < 1.29 is 0 Å². The summed E-state index contributed by atoms with van der Waals surface area (Å²) in [6.45, 7) is 3.26. The lowest BCUT2D eigenvalue weighted by Gasteiger charge is -2.39. The Balaban J connectivity index is 1.85. The molecular formula is C15H18N2. The van der Waals surface area contributed by atoms with Crippen molar-refractivity contribution in [3.05, 3.63) is 42.1 Å². The van der Waals surface area contributed by atoms with E-state index < -0.39 is 0 Å². The molecule has 1 aliphatic carbocycles. The van der Waals surface area contributed by atoms with Crippen LogP contribution in [-0.2, 0) is 6.54 Å². The maximum Gasteiger partial charge on any atom is 0.0705 e. The summed E-state index contributed by atoms with van der Waals surface area (Å²) in [7, 11) is 0. The van der Waals surface area contributed by atoms with Gasteiger partial charge in [-0.2, -0.15) is 0 Å². The number of hydrogen-bond donors (Lipinski definition) is 1. The van der Waals surface area contributed by atoms with Gasteiger partial charge < -0.3 is 5.32 Å². The molecule has 1 aliphatic rings. The standard InChI is InChI=1S/C15H18N2/c1-15(8-4-9-15)17-11-12-7-10-16-14-6-3-2-5-13(12)14/h2-3,5-7,10,17H,4,8-9,11H2,1H3. The lowest BCUT2D eigenvalue weighted by Crippen LogP contribution is -2.47. The monoisotopic (exact) mass is 226 g/mol. The number of nitrogens with one attached hydrogen (secondary N) is 1. The smallest absolute Gasteiger partial charge is 0.0705 e. The number of fused-ring (bicyclic) bond motifs is 1. The summed E-state index contributed by atoms with van der Waals surface area (Å²) in [6.07, 6.45) is 5.87. The Bertz CT molecular complexity index is 524. The van der Waals surface area contributed by atoms with E-state index in [4.69, 9.17) is 0 Å². The molecule has 88 valence electrons. The van der Waals surface area contributed by atoms with Crippen LogP contribution < -0.4 is 5.32 Å². The molecular weight excluding hydrogens is 208 g/mol.